The second-order valence-corrected chi connectivity index (χ2v) is 4.74. The van der Waals surface area contributed by atoms with Crippen molar-refractivity contribution in [3.05, 3.63) is 42.0 Å². The number of fused-ring (bicyclic) bond motifs is 1. The third kappa shape index (κ3) is 1.60. The highest BCUT2D eigenvalue weighted by Crippen LogP contribution is 2.31. The molecule has 0 N–H and O–H groups in total. The van der Waals surface area contributed by atoms with Gasteiger partial charge in [0.2, 0.25) is 0 Å². The van der Waals surface area contributed by atoms with Gasteiger partial charge in [-0.1, -0.05) is 18.2 Å². The standard InChI is InChI=1S/C15H15N3O/c1-10-16-13(9-19)15(18(10)3)12-8-17(2)14-7-5-4-6-11(12)14/h4-9H,1-3H3. The average Bonchev–Trinajstić information content (AvgIpc) is 2.89. The predicted molar refractivity (Wildman–Crippen MR) is 75.2 cm³/mol. The Hall–Kier alpha value is -2.36. The summed E-state index contributed by atoms with van der Waals surface area (Å²) in [7, 11) is 3.95. The topological polar surface area (TPSA) is 39.8 Å². The van der Waals surface area contributed by atoms with Gasteiger partial charge in [-0.2, -0.15) is 0 Å². The molecule has 3 rings (SSSR count). The Bertz CT molecular complexity index is 780. The molecule has 0 saturated heterocycles. The highest BCUT2D eigenvalue weighted by molar-refractivity contribution is 5.98. The number of imidazole rings is 1. The minimum absolute atomic E-state index is 0.497. The lowest BCUT2D eigenvalue weighted by molar-refractivity contribution is 0.112. The van der Waals surface area contributed by atoms with Crippen LogP contribution in [0.15, 0.2) is 30.5 Å². The van der Waals surface area contributed by atoms with Crippen molar-refractivity contribution in [3.8, 4) is 11.3 Å². The molecule has 0 aliphatic heterocycles. The average molecular weight is 253 g/mol. The number of rotatable bonds is 2. The van der Waals surface area contributed by atoms with E-state index in [2.05, 4.69) is 21.7 Å². The number of carbonyl (C=O) groups excluding carboxylic acids is 1. The number of aldehydes is 1. The first-order chi connectivity index (χ1) is 9.13. The van der Waals surface area contributed by atoms with Crippen LogP contribution in [0.5, 0.6) is 0 Å². The molecular formula is C15H15N3O. The SMILES string of the molecule is Cc1nc(C=O)c(-c2cn(C)c3ccccc23)n1C. The van der Waals surface area contributed by atoms with Crippen molar-refractivity contribution in [1.29, 1.82) is 0 Å². The van der Waals surface area contributed by atoms with Gasteiger partial charge in [-0.25, -0.2) is 4.98 Å². The fourth-order valence-electron chi connectivity index (χ4n) is 2.57. The first-order valence-electron chi connectivity index (χ1n) is 6.16. The van der Waals surface area contributed by atoms with E-state index in [0.717, 1.165) is 34.3 Å². The Morgan fingerprint density at radius 2 is 1.95 bits per heavy atom. The molecule has 0 atom stereocenters. The number of hydrogen-bond acceptors (Lipinski definition) is 2. The minimum Gasteiger partial charge on any atom is -0.350 e. The first-order valence-corrected chi connectivity index (χ1v) is 6.16. The van der Waals surface area contributed by atoms with Crippen LogP contribution in [0.1, 0.15) is 16.3 Å². The first kappa shape index (κ1) is 11.7. The fraction of sp³-hybridized carbons (Fsp3) is 0.200. The molecule has 0 amide bonds. The quantitative estimate of drug-likeness (QED) is 0.659. The van der Waals surface area contributed by atoms with Crippen molar-refractivity contribution >= 4 is 17.2 Å². The summed E-state index contributed by atoms with van der Waals surface area (Å²) in [6.07, 6.45) is 2.87. The van der Waals surface area contributed by atoms with Crippen molar-refractivity contribution in [1.82, 2.24) is 14.1 Å². The number of carbonyl (C=O) groups is 1. The molecule has 4 heteroatoms. The monoisotopic (exact) mass is 253 g/mol. The van der Waals surface area contributed by atoms with Gasteiger partial charge in [0, 0.05) is 36.8 Å². The lowest BCUT2D eigenvalue weighted by atomic mass is 10.1. The number of benzene rings is 1. The molecule has 0 spiro atoms. The number of aryl methyl sites for hydroxylation is 2. The van der Waals surface area contributed by atoms with Crippen molar-refractivity contribution in [2.75, 3.05) is 0 Å². The van der Waals surface area contributed by atoms with E-state index in [1.165, 1.54) is 0 Å². The van der Waals surface area contributed by atoms with Gasteiger partial charge in [0.05, 0.1) is 5.69 Å². The van der Waals surface area contributed by atoms with Crippen molar-refractivity contribution in [3.63, 3.8) is 0 Å². The number of para-hydroxylation sites is 1. The van der Waals surface area contributed by atoms with Crippen molar-refractivity contribution in [2.24, 2.45) is 14.1 Å². The number of hydrogen-bond donors (Lipinski definition) is 0. The molecule has 0 saturated carbocycles. The zero-order valence-electron chi connectivity index (χ0n) is 11.2. The van der Waals surface area contributed by atoms with E-state index in [4.69, 9.17) is 0 Å². The van der Waals surface area contributed by atoms with Gasteiger partial charge in [0.15, 0.2) is 6.29 Å². The summed E-state index contributed by atoms with van der Waals surface area (Å²) in [6, 6.07) is 8.17. The Labute approximate surface area is 111 Å². The van der Waals surface area contributed by atoms with Crippen LogP contribution in [-0.4, -0.2) is 20.4 Å². The van der Waals surface area contributed by atoms with Crippen LogP contribution in [0.3, 0.4) is 0 Å². The number of nitrogens with zero attached hydrogens (tertiary/aromatic N) is 3. The molecule has 0 aliphatic rings. The second kappa shape index (κ2) is 4.09. The molecule has 0 bridgehead atoms. The summed E-state index contributed by atoms with van der Waals surface area (Å²) in [5.74, 6) is 0.838. The summed E-state index contributed by atoms with van der Waals surface area (Å²) in [5.41, 5.74) is 3.57. The van der Waals surface area contributed by atoms with E-state index in [9.17, 15) is 4.79 Å². The second-order valence-electron chi connectivity index (χ2n) is 4.74. The van der Waals surface area contributed by atoms with Crippen LogP contribution in [0, 0.1) is 6.92 Å². The normalized spacial score (nSPS) is 11.1. The minimum atomic E-state index is 0.497. The zero-order valence-corrected chi connectivity index (χ0v) is 11.2. The van der Waals surface area contributed by atoms with Gasteiger partial charge in [0.1, 0.15) is 11.5 Å². The van der Waals surface area contributed by atoms with E-state index in [1.807, 2.05) is 43.9 Å². The molecular weight excluding hydrogens is 238 g/mol. The molecule has 0 aliphatic carbocycles. The lowest BCUT2D eigenvalue weighted by Crippen LogP contribution is -1.95. The third-order valence-corrected chi connectivity index (χ3v) is 3.61. The van der Waals surface area contributed by atoms with Gasteiger partial charge < -0.3 is 9.13 Å². The molecule has 0 radical (unpaired) electrons. The summed E-state index contributed by atoms with van der Waals surface area (Å²) >= 11 is 0. The zero-order chi connectivity index (χ0) is 13.6. The summed E-state index contributed by atoms with van der Waals surface area (Å²) in [6.45, 7) is 1.90. The van der Waals surface area contributed by atoms with Crippen LogP contribution in [0.2, 0.25) is 0 Å². The van der Waals surface area contributed by atoms with Gasteiger partial charge >= 0.3 is 0 Å². The molecule has 1 aromatic carbocycles. The fourth-order valence-corrected chi connectivity index (χ4v) is 2.57. The molecule has 2 aromatic heterocycles. The maximum Gasteiger partial charge on any atom is 0.170 e. The summed E-state index contributed by atoms with van der Waals surface area (Å²) in [5, 5.41) is 1.14. The summed E-state index contributed by atoms with van der Waals surface area (Å²) < 4.78 is 4.03. The van der Waals surface area contributed by atoms with E-state index in [1.54, 1.807) is 0 Å². The van der Waals surface area contributed by atoms with Gasteiger partial charge in [-0.15, -0.1) is 0 Å². The Kier molecular flexibility index (Phi) is 2.52. The Morgan fingerprint density at radius 1 is 1.21 bits per heavy atom. The Morgan fingerprint density at radius 3 is 2.68 bits per heavy atom. The van der Waals surface area contributed by atoms with E-state index in [-0.39, 0.29) is 0 Å². The molecule has 19 heavy (non-hydrogen) atoms. The molecule has 2 heterocycles. The molecule has 4 nitrogen and oxygen atoms in total. The maximum atomic E-state index is 11.2. The predicted octanol–water partition coefficient (Wildman–Crippen LogP) is 2.70. The van der Waals surface area contributed by atoms with Crippen LogP contribution in [-0.2, 0) is 14.1 Å². The highest BCUT2D eigenvalue weighted by atomic mass is 16.1. The third-order valence-electron chi connectivity index (χ3n) is 3.61. The highest BCUT2D eigenvalue weighted by Gasteiger charge is 2.17. The maximum absolute atomic E-state index is 11.2. The van der Waals surface area contributed by atoms with Crippen LogP contribution in [0.25, 0.3) is 22.2 Å². The molecule has 3 aromatic rings. The summed E-state index contributed by atoms with van der Waals surface area (Å²) in [4.78, 5) is 15.5. The smallest absolute Gasteiger partial charge is 0.170 e. The van der Waals surface area contributed by atoms with Crippen molar-refractivity contribution in [2.45, 2.75) is 6.92 Å². The number of aromatic nitrogens is 3. The Balaban J connectivity index is 2.40. The van der Waals surface area contributed by atoms with Crippen LogP contribution >= 0.6 is 0 Å². The van der Waals surface area contributed by atoms with E-state index >= 15 is 0 Å². The van der Waals surface area contributed by atoms with Gasteiger partial charge in [-0.05, 0) is 13.0 Å². The van der Waals surface area contributed by atoms with Crippen LogP contribution < -0.4 is 0 Å². The van der Waals surface area contributed by atoms with Gasteiger partial charge in [0.25, 0.3) is 0 Å². The van der Waals surface area contributed by atoms with Crippen molar-refractivity contribution < 1.29 is 4.79 Å². The lowest BCUT2D eigenvalue weighted by Gasteiger charge is -2.03. The molecule has 0 unspecified atom stereocenters. The van der Waals surface area contributed by atoms with E-state index in [0.29, 0.717) is 5.69 Å². The van der Waals surface area contributed by atoms with Crippen LogP contribution in [0.4, 0.5) is 0 Å². The van der Waals surface area contributed by atoms with Gasteiger partial charge in [-0.3, -0.25) is 4.79 Å². The molecule has 0 fully saturated rings. The molecule has 96 valence electrons. The van der Waals surface area contributed by atoms with E-state index < -0.39 is 0 Å². The largest absolute Gasteiger partial charge is 0.350 e.